The molecule has 1 unspecified atom stereocenters. The van der Waals surface area contributed by atoms with Gasteiger partial charge in [0.15, 0.2) is 0 Å². The van der Waals surface area contributed by atoms with Crippen LogP contribution < -0.4 is 4.90 Å². The van der Waals surface area contributed by atoms with Gasteiger partial charge in [-0.2, -0.15) is 5.26 Å². The van der Waals surface area contributed by atoms with Gasteiger partial charge in [0, 0.05) is 24.7 Å². The molecule has 0 N–H and O–H groups in total. The molecule has 2 aromatic rings. The second-order valence-corrected chi connectivity index (χ2v) is 5.67. The van der Waals surface area contributed by atoms with E-state index in [9.17, 15) is 5.26 Å². The molecule has 1 fully saturated rings. The fraction of sp³-hybridized carbons (Fsp3) is 0.412. The zero-order valence-electron chi connectivity index (χ0n) is 11.8. The van der Waals surface area contributed by atoms with Crippen LogP contribution in [0.3, 0.4) is 0 Å². The van der Waals surface area contributed by atoms with E-state index in [4.69, 9.17) is 0 Å². The maximum atomic E-state index is 9.41. The highest BCUT2D eigenvalue weighted by atomic mass is 15.1. The second-order valence-electron chi connectivity index (χ2n) is 5.67. The first kappa shape index (κ1) is 12.9. The molecule has 1 aromatic heterocycles. The minimum absolute atomic E-state index is 0.693. The van der Waals surface area contributed by atoms with E-state index in [-0.39, 0.29) is 0 Å². The maximum absolute atomic E-state index is 9.41. The fourth-order valence-corrected chi connectivity index (χ4v) is 3.04. The number of nitrogens with zero attached hydrogens (tertiary/aromatic N) is 3. The van der Waals surface area contributed by atoms with E-state index in [1.807, 2.05) is 18.2 Å². The SMILES string of the molecule is CC1CCCN(c2c(C#N)cnc3ccccc23)CC1. The van der Waals surface area contributed by atoms with Gasteiger partial charge in [-0.1, -0.05) is 25.1 Å². The molecule has 1 saturated heterocycles. The van der Waals surface area contributed by atoms with E-state index in [0.29, 0.717) is 5.56 Å². The Balaban J connectivity index is 2.11. The van der Waals surface area contributed by atoms with Crippen LogP contribution in [0.25, 0.3) is 10.9 Å². The summed E-state index contributed by atoms with van der Waals surface area (Å²) >= 11 is 0. The van der Waals surface area contributed by atoms with Gasteiger partial charge in [0.2, 0.25) is 0 Å². The fourth-order valence-electron chi connectivity index (χ4n) is 3.04. The van der Waals surface area contributed by atoms with Crippen LogP contribution in [-0.2, 0) is 0 Å². The molecule has 0 radical (unpaired) electrons. The Hall–Kier alpha value is -2.08. The second kappa shape index (κ2) is 5.50. The van der Waals surface area contributed by atoms with Gasteiger partial charge in [-0.3, -0.25) is 4.98 Å². The van der Waals surface area contributed by atoms with Crippen molar-refractivity contribution in [3.8, 4) is 6.07 Å². The topological polar surface area (TPSA) is 39.9 Å². The molecule has 102 valence electrons. The normalized spacial score (nSPS) is 19.6. The number of fused-ring (bicyclic) bond motifs is 1. The molecule has 20 heavy (non-hydrogen) atoms. The van der Waals surface area contributed by atoms with E-state index in [0.717, 1.165) is 35.6 Å². The Bertz CT molecular complexity index is 657. The molecule has 3 heteroatoms. The van der Waals surface area contributed by atoms with Crippen LogP contribution in [0.1, 0.15) is 31.7 Å². The van der Waals surface area contributed by atoms with Crippen molar-refractivity contribution in [1.82, 2.24) is 4.98 Å². The lowest BCUT2D eigenvalue weighted by molar-refractivity contribution is 0.521. The number of aromatic nitrogens is 1. The van der Waals surface area contributed by atoms with Gasteiger partial charge in [-0.25, -0.2) is 0 Å². The molecule has 0 saturated carbocycles. The van der Waals surface area contributed by atoms with E-state index in [1.165, 1.54) is 19.3 Å². The van der Waals surface area contributed by atoms with E-state index >= 15 is 0 Å². The van der Waals surface area contributed by atoms with Gasteiger partial charge < -0.3 is 4.90 Å². The molecule has 0 spiro atoms. The summed E-state index contributed by atoms with van der Waals surface area (Å²) in [5.41, 5.74) is 2.74. The van der Waals surface area contributed by atoms with E-state index in [2.05, 4.69) is 28.9 Å². The Morgan fingerprint density at radius 2 is 2.10 bits per heavy atom. The number of benzene rings is 1. The molecule has 1 atom stereocenters. The number of nitriles is 1. The van der Waals surface area contributed by atoms with E-state index in [1.54, 1.807) is 6.20 Å². The van der Waals surface area contributed by atoms with Gasteiger partial charge in [0.05, 0.1) is 16.8 Å². The maximum Gasteiger partial charge on any atom is 0.103 e. The first-order valence-electron chi connectivity index (χ1n) is 7.32. The zero-order valence-corrected chi connectivity index (χ0v) is 11.8. The lowest BCUT2D eigenvalue weighted by Crippen LogP contribution is -2.25. The molecule has 1 aromatic carbocycles. The van der Waals surface area contributed by atoms with Crippen LogP contribution >= 0.6 is 0 Å². The molecule has 0 aliphatic carbocycles. The summed E-state index contributed by atoms with van der Waals surface area (Å²) in [5.74, 6) is 0.777. The summed E-state index contributed by atoms with van der Waals surface area (Å²) in [6.45, 7) is 4.39. The average Bonchev–Trinajstić information content (AvgIpc) is 2.70. The molecule has 0 amide bonds. The van der Waals surface area contributed by atoms with Crippen LogP contribution in [0.5, 0.6) is 0 Å². The van der Waals surface area contributed by atoms with E-state index < -0.39 is 0 Å². The van der Waals surface area contributed by atoms with Gasteiger partial charge in [-0.05, 0) is 31.2 Å². The molecule has 0 bridgehead atoms. The highest BCUT2D eigenvalue weighted by Gasteiger charge is 2.19. The first-order valence-corrected chi connectivity index (χ1v) is 7.32. The third kappa shape index (κ3) is 2.34. The number of para-hydroxylation sites is 1. The van der Waals surface area contributed by atoms with Gasteiger partial charge in [0.25, 0.3) is 0 Å². The van der Waals surface area contributed by atoms with Crippen molar-refractivity contribution in [2.24, 2.45) is 5.92 Å². The lowest BCUT2D eigenvalue weighted by atomic mass is 10.0. The summed E-state index contributed by atoms with van der Waals surface area (Å²) in [6, 6.07) is 10.4. The van der Waals surface area contributed by atoms with Gasteiger partial charge >= 0.3 is 0 Å². The van der Waals surface area contributed by atoms with Crippen LogP contribution in [0.15, 0.2) is 30.5 Å². The Morgan fingerprint density at radius 1 is 1.25 bits per heavy atom. The molecular weight excluding hydrogens is 246 g/mol. The number of pyridine rings is 1. The van der Waals surface area contributed by atoms with Crippen molar-refractivity contribution in [3.05, 3.63) is 36.0 Å². The average molecular weight is 265 g/mol. The summed E-state index contributed by atoms with van der Waals surface area (Å²) in [7, 11) is 0. The van der Waals surface area contributed by atoms with Crippen molar-refractivity contribution in [1.29, 1.82) is 5.26 Å². The Morgan fingerprint density at radius 3 is 2.95 bits per heavy atom. The number of anilines is 1. The van der Waals surface area contributed by atoms with Crippen LogP contribution in [0.2, 0.25) is 0 Å². The third-order valence-electron chi connectivity index (χ3n) is 4.20. The monoisotopic (exact) mass is 265 g/mol. The minimum Gasteiger partial charge on any atom is -0.370 e. The largest absolute Gasteiger partial charge is 0.370 e. The number of hydrogen-bond donors (Lipinski definition) is 0. The van der Waals surface area contributed by atoms with Gasteiger partial charge in [-0.15, -0.1) is 0 Å². The highest BCUT2D eigenvalue weighted by molar-refractivity contribution is 5.94. The third-order valence-corrected chi connectivity index (χ3v) is 4.20. The summed E-state index contributed by atoms with van der Waals surface area (Å²) < 4.78 is 0. The summed E-state index contributed by atoms with van der Waals surface area (Å²) in [5, 5.41) is 10.5. The molecular formula is C17H19N3. The molecule has 1 aliphatic heterocycles. The van der Waals surface area contributed by atoms with Crippen LogP contribution in [0, 0.1) is 17.2 Å². The predicted molar refractivity (Wildman–Crippen MR) is 81.7 cm³/mol. The standard InChI is InChI=1S/C17H19N3/c1-13-5-4-9-20(10-8-13)17-14(11-18)12-19-16-7-3-2-6-15(16)17/h2-3,6-7,12-13H,4-5,8-10H2,1H3. The highest BCUT2D eigenvalue weighted by Crippen LogP contribution is 2.31. The van der Waals surface area contributed by atoms with Crippen LogP contribution in [0.4, 0.5) is 5.69 Å². The predicted octanol–water partition coefficient (Wildman–Crippen LogP) is 3.73. The summed E-state index contributed by atoms with van der Waals surface area (Å²) in [4.78, 5) is 6.78. The molecule has 3 nitrogen and oxygen atoms in total. The van der Waals surface area contributed by atoms with Gasteiger partial charge in [0.1, 0.15) is 6.07 Å². The number of rotatable bonds is 1. The Labute approximate surface area is 119 Å². The molecule has 2 heterocycles. The molecule has 3 rings (SSSR count). The minimum atomic E-state index is 0.693. The number of hydrogen-bond acceptors (Lipinski definition) is 3. The first-order chi connectivity index (χ1) is 9.79. The van der Waals surface area contributed by atoms with Crippen molar-refractivity contribution >= 4 is 16.6 Å². The lowest BCUT2D eigenvalue weighted by Gasteiger charge is -2.25. The van der Waals surface area contributed by atoms with Crippen molar-refractivity contribution < 1.29 is 0 Å². The molecule has 1 aliphatic rings. The van der Waals surface area contributed by atoms with Crippen molar-refractivity contribution in [2.75, 3.05) is 18.0 Å². The summed E-state index contributed by atoms with van der Waals surface area (Å²) in [6.07, 6.45) is 5.39. The van der Waals surface area contributed by atoms with Crippen molar-refractivity contribution in [2.45, 2.75) is 26.2 Å². The zero-order chi connectivity index (χ0) is 13.9. The van der Waals surface area contributed by atoms with Crippen molar-refractivity contribution in [3.63, 3.8) is 0 Å². The Kier molecular flexibility index (Phi) is 3.56. The van der Waals surface area contributed by atoms with Crippen LogP contribution in [-0.4, -0.2) is 18.1 Å². The smallest absolute Gasteiger partial charge is 0.103 e. The quantitative estimate of drug-likeness (QED) is 0.788.